The lowest BCUT2D eigenvalue weighted by molar-refractivity contribution is 0.139. The molecule has 0 bridgehead atoms. The minimum absolute atomic E-state index is 0.424. The quantitative estimate of drug-likeness (QED) is 0.330. The van der Waals surface area contributed by atoms with Crippen molar-refractivity contribution < 1.29 is 9.84 Å². The monoisotopic (exact) mass is 148 g/mol. The van der Waals surface area contributed by atoms with Gasteiger partial charge in [-0.05, 0) is 6.92 Å². The largest absolute Gasteiger partial charge is 0.380 e. The van der Waals surface area contributed by atoms with Crippen molar-refractivity contribution in [3.8, 4) is 0 Å². The van der Waals surface area contributed by atoms with Crippen LogP contribution in [0.25, 0.3) is 0 Å². The number of nitrogens with two attached hydrogens (primary N) is 1. The summed E-state index contributed by atoms with van der Waals surface area (Å²) in [6.45, 7) is 4.50. The fourth-order valence-corrected chi connectivity index (χ4v) is 0.539. The van der Waals surface area contributed by atoms with Crippen LogP contribution in [0.15, 0.2) is 0 Å². The van der Waals surface area contributed by atoms with Gasteiger partial charge in [-0.25, -0.2) is 0 Å². The fourth-order valence-electron chi connectivity index (χ4n) is 0.539. The molecule has 1 unspecified atom stereocenters. The van der Waals surface area contributed by atoms with E-state index in [4.69, 9.17) is 15.6 Å². The van der Waals surface area contributed by atoms with E-state index >= 15 is 0 Å². The molecule has 0 aliphatic rings. The van der Waals surface area contributed by atoms with E-state index in [9.17, 15) is 0 Å². The van der Waals surface area contributed by atoms with Gasteiger partial charge in [-0.1, -0.05) is 0 Å². The molecule has 0 aromatic heterocycles. The van der Waals surface area contributed by atoms with Crippen molar-refractivity contribution in [1.82, 2.24) is 5.32 Å². The molecule has 0 aromatic rings. The van der Waals surface area contributed by atoms with E-state index in [2.05, 4.69) is 5.32 Å². The Morgan fingerprint density at radius 3 is 2.90 bits per heavy atom. The fraction of sp³-hybridized carbons (Fsp3) is 1.00. The van der Waals surface area contributed by atoms with Crippen LogP contribution in [0.4, 0.5) is 0 Å². The highest BCUT2D eigenvalue weighted by atomic mass is 16.5. The maximum Gasteiger partial charge on any atom is 0.115 e. The predicted octanol–water partition coefficient (Wildman–Crippen LogP) is -1.11. The number of hydrogen-bond acceptors (Lipinski definition) is 4. The maximum atomic E-state index is 8.58. The van der Waals surface area contributed by atoms with E-state index in [0.29, 0.717) is 13.2 Å². The van der Waals surface area contributed by atoms with E-state index in [1.54, 1.807) is 0 Å². The van der Waals surface area contributed by atoms with Gasteiger partial charge < -0.3 is 20.9 Å². The van der Waals surface area contributed by atoms with Crippen molar-refractivity contribution in [2.75, 3.05) is 26.3 Å². The molecule has 0 saturated carbocycles. The standard InChI is InChI=1S/C6H16N2O2/c1-2-10-4-3-8-5-6(7)9/h6,8-9H,2-5,7H2,1H3. The summed E-state index contributed by atoms with van der Waals surface area (Å²) in [6.07, 6.45) is -0.762. The van der Waals surface area contributed by atoms with Crippen LogP contribution >= 0.6 is 0 Å². The molecule has 10 heavy (non-hydrogen) atoms. The number of aliphatic hydroxyl groups excluding tert-OH is 1. The molecule has 62 valence electrons. The minimum atomic E-state index is -0.762. The van der Waals surface area contributed by atoms with E-state index in [1.807, 2.05) is 6.92 Å². The van der Waals surface area contributed by atoms with Crippen LogP contribution < -0.4 is 11.1 Å². The zero-order valence-electron chi connectivity index (χ0n) is 6.34. The van der Waals surface area contributed by atoms with Gasteiger partial charge in [-0.2, -0.15) is 0 Å². The first-order chi connectivity index (χ1) is 4.77. The summed E-state index contributed by atoms with van der Waals surface area (Å²) in [5.41, 5.74) is 5.06. The van der Waals surface area contributed by atoms with Crippen molar-refractivity contribution in [3.63, 3.8) is 0 Å². The molecule has 0 amide bonds. The molecule has 0 aromatic carbocycles. The highest BCUT2D eigenvalue weighted by molar-refractivity contribution is 4.49. The molecule has 4 nitrogen and oxygen atoms in total. The van der Waals surface area contributed by atoms with Crippen LogP contribution in [0.1, 0.15) is 6.92 Å². The average molecular weight is 148 g/mol. The third kappa shape index (κ3) is 7.84. The smallest absolute Gasteiger partial charge is 0.115 e. The van der Waals surface area contributed by atoms with Crippen LogP contribution in [0.3, 0.4) is 0 Å². The molecule has 0 fully saturated rings. The summed E-state index contributed by atoms with van der Waals surface area (Å²) in [4.78, 5) is 0. The first-order valence-electron chi connectivity index (χ1n) is 3.49. The molecule has 0 heterocycles. The van der Waals surface area contributed by atoms with Gasteiger partial charge in [-0.15, -0.1) is 0 Å². The van der Waals surface area contributed by atoms with Crippen molar-refractivity contribution in [2.45, 2.75) is 13.2 Å². The van der Waals surface area contributed by atoms with E-state index < -0.39 is 6.23 Å². The van der Waals surface area contributed by atoms with Gasteiger partial charge in [0.1, 0.15) is 6.23 Å². The lowest BCUT2D eigenvalue weighted by Crippen LogP contribution is -2.34. The summed E-state index contributed by atoms with van der Waals surface area (Å²) < 4.78 is 5.03. The number of nitrogens with one attached hydrogen (secondary N) is 1. The Bertz CT molecular complexity index is 68.8. The molecule has 1 atom stereocenters. The zero-order chi connectivity index (χ0) is 7.82. The van der Waals surface area contributed by atoms with Gasteiger partial charge in [-0.3, -0.25) is 0 Å². The third-order valence-corrected chi connectivity index (χ3v) is 0.981. The SMILES string of the molecule is CCOCCNCC(N)O. The lowest BCUT2D eigenvalue weighted by Gasteiger charge is -2.05. The van der Waals surface area contributed by atoms with Crippen LogP contribution in [0.5, 0.6) is 0 Å². The second-order valence-electron chi connectivity index (χ2n) is 1.97. The predicted molar refractivity (Wildman–Crippen MR) is 39.6 cm³/mol. The topological polar surface area (TPSA) is 67.5 Å². The third-order valence-electron chi connectivity index (χ3n) is 0.981. The molecule has 0 radical (unpaired) electrons. The highest BCUT2D eigenvalue weighted by Crippen LogP contribution is 1.70. The Kier molecular flexibility index (Phi) is 6.84. The van der Waals surface area contributed by atoms with Crippen LogP contribution in [-0.2, 0) is 4.74 Å². The molecule has 4 heteroatoms. The number of ether oxygens (including phenoxy) is 1. The first-order valence-corrected chi connectivity index (χ1v) is 3.49. The Labute approximate surface area is 61.4 Å². The lowest BCUT2D eigenvalue weighted by atomic mass is 10.5. The van der Waals surface area contributed by atoms with Gasteiger partial charge in [0.15, 0.2) is 0 Å². The molecular weight excluding hydrogens is 132 g/mol. The number of hydrogen-bond donors (Lipinski definition) is 3. The summed E-state index contributed by atoms with van der Waals surface area (Å²) in [5, 5.41) is 11.5. The van der Waals surface area contributed by atoms with E-state index in [0.717, 1.165) is 13.2 Å². The molecule has 0 saturated heterocycles. The second-order valence-corrected chi connectivity index (χ2v) is 1.97. The van der Waals surface area contributed by atoms with Crippen molar-refractivity contribution in [3.05, 3.63) is 0 Å². The Hall–Kier alpha value is -0.160. The number of rotatable bonds is 6. The van der Waals surface area contributed by atoms with Crippen molar-refractivity contribution in [1.29, 1.82) is 0 Å². The van der Waals surface area contributed by atoms with E-state index in [1.165, 1.54) is 0 Å². The Morgan fingerprint density at radius 2 is 2.40 bits per heavy atom. The van der Waals surface area contributed by atoms with Gasteiger partial charge >= 0.3 is 0 Å². The van der Waals surface area contributed by atoms with Gasteiger partial charge in [0.05, 0.1) is 6.61 Å². The highest BCUT2D eigenvalue weighted by Gasteiger charge is 1.92. The molecule has 0 aliphatic carbocycles. The molecule has 0 spiro atoms. The van der Waals surface area contributed by atoms with Crippen molar-refractivity contribution in [2.24, 2.45) is 5.73 Å². The minimum Gasteiger partial charge on any atom is -0.380 e. The summed E-state index contributed by atoms with van der Waals surface area (Å²) in [6, 6.07) is 0. The molecule has 0 rings (SSSR count). The summed E-state index contributed by atoms with van der Waals surface area (Å²) in [7, 11) is 0. The molecule has 4 N–H and O–H groups in total. The molecule has 0 aliphatic heterocycles. The average Bonchev–Trinajstić information content (AvgIpc) is 1.87. The van der Waals surface area contributed by atoms with Crippen LogP contribution in [0.2, 0.25) is 0 Å². The van der Waals surface area contributed by atoms with E-state index in [-0.39, 0.29) is 0 Å². The van der Waals surface area contributed by atoms with Crippen molar-refractivity contribution >= 4 is 0 Å². The normalized spacial score (nSPS) is 13.5. The summed E-state index contributed by atoms with van der Waals surface area (Å²) >= 11 is 0. The second kappa shape index (κ2) is 6.95. The van der Waals surface area contributed by atoms with Gasteiger partial charge in [0, 0.05) is 19.7 Å². The Balaban J connectivity index is 2.77. The zero-order valence-corrected chi connectivity index (χ0v) is 6.34. The van der Waals surface area contributed by atoms with Gasteiger partial charge in [0.25, 0.3) is 0 Å². The summed E-state index contributed by atoms with van der Waals surface area (Å²) in [5.74, 6) is 0. The number of aliphatic hydroxyl groups is 1. The maximum absolute atomic E-state index is 8.58. The van der Waals surface area contributed by atoms with Gasteiger partial charge in [0.2, 0.25) is 0 Å². The van der Waals surface area contributed by atoms with Crippen LogP contribution in [0, 0.1) is 0 Å². The Morgan fingerprint density at radius 1 is 1.70 bits per heavy atom. The van der Waals surface area contributed by atoms with Crippen LogP contribution in [-0.4, -0.2) is 37.6 Å². The molecular formula is C6H16N2O2. The first kappa shape index (κ1) is 9.84.